The summed E-state index contributed by atoms with van der Waals surface area (Å²) in [6, 6.07) is 5.27. The summed E-state index contributed by atoms with van der Waals surface area (Å²) in [5, 5.41) is 8.27. The Morgan fingerprint density at radius 1 is 1.18 bits per heavy atom. The van der Waals surface area contributed by atoms with E-state index in [1.54, 1.807) is 25.3 Å². The minimum absolute atomic E-state index is 0.406. The van der Waals surface area contributed by atoms with Gasteiger partial charge in [-0.2, -0.15) is 0 Å². The number of nitrogens with one attached hydrogen (secondary N) is 2. The lowest BCUT2D eigenvalue weighted by Gasteiger charge is -2.06. The molecule has 0 unspecified atom stereocenters. The maximum Gasteiger partial charge on any atom is 0.330 e. The van der Waals surface area contributed by atoms with Gasteiger partial charge in [-0.15, -0.1) is 5.10 Å². The van der Waals surface area contributed by atoms with Crippen LogP contribution >= 0.6 is 23.4 Å². The lowest BCUT2D eigenvalue weighted by Crippen LogP contribution is -2.31. The van der Waals surface area contributed by atoms with Crippen molar-refractivity contribution in [3.05, 3.63) is 49.9 Å². The number of methoxy groups -OCH3 is 1. The number of aryl methyl sites for hydroxylation is 2. The number of hydrogen-bond acceptors (Lipinski definition) is 7. The van der Waals surface area contributed by atoms with E-state index in [0.29, 0.717) is 63.1 Å². The van der Waals surface area contributed by atoms with Crippen LogP contribution in [0.5, 0.6) is 5.75 Å². The van der Waals surface area contributed by atoms with Crippen molar-refractivity contribution in [1.29, 1.82) is 0 Å². The minimum atomic E-state index is -0.435. The predicted molar refractivity (Wildman–Crippen MR) is 128 cm³/mol. The average molecular weight is 490 g/mol. The molecular formula is C21H24ClN7O3S. The number of unbranched alkanes of at least 4 members (excludes halogenated alkanes) is 1. The van der Waals surface area contributed by atoms with Gasteiger partial charge in [0.15, 0.2) is 17.0 Å². The third-order valence-corrected chi connectivity index (χ3v) is 6.31. The van der Waals surface area contributed by atoms with Crippen LogP contribution in [0.1, 0.15) is 32.5 Å². The third-order valence-electron chi connectivity index (χ3n) is 5.23. The smallest absolute Gasteiger partial charge is 0.330 e. The fourth-order valence-electron chi connectivity index (χ4n) is 3.62. The van der Waals surface area contributed by atoms with Gasteiger partial charge in [-0.25, -0.2) is 14.8 Å². The molecule has 0 saturated heterocycles. The van der Waals surface area contributed by atoms with Crippen LogP contribution in [0.3, 0.4) is 0 Å². The molecule has 0 aliphatic carbocycles. The fourth-order valence-corrected chi connectivity index (χ4v) is 4.53. The Hall–Kier alpha value is -3.05. The summed E-state index contributed by atoms with van der Waals surface area (Å²) in [6.45, 7) is 5.03. The van der Waals surface area contributed by atoms with Crippen LogP contribution in [0.25, 0.3) is 22.6 Å². The van der Waals surface area contributed by atoms with Crippen LogP contribution in [0.15, 0.2) is 32.9 Å². The van der Waals surface area contributed by atoms with Gasteiger partial charge in [0.25, 0.3) is 5.56 Å². The maximum absolute atomic E-state index is 12.6. The van der Waals surface area contributed by atoms with E-state index < -0.39 is 11.2 Å². The summed E-state index contributed by atoms with van der Waals surface area (Å²) in [6.07, 6.45) is 1.74. The van der Waals surface area contributed by atoms with E-state index in [2.05, 4.69) is 25.1 Å². The van der Waals surface area contributed by atoms with Gasteiger partial charge in [0.2, 0.25) is 5.16 Å². The lowest BCUT2D eigenvalue weighted by atomic mass is 10.2. The number of aromatic nitrogens is 7. The molecular weight excluding hydrogens is 466 g/mol. The molecule has 4 aromatic rings. The molecule has 0 bridgehead atoms. The van der Waals surface area contributed by atoms with Crippen molar-refractivity contribution < 1.29 is 4.74 Å². The molecule has 0 amide bonds. The average Bonchev–Trinajstić information content (AvgIpc) is 3.42. The number of hydrogen-bond donors (Lipinski definition) is 2. The number of halogens is 1. The van der Waals surface area contributed by atoms with Crippen LogP contribution < -0.4 is 16.0 Å². The highest BCUT2D eigenvalue weighted by atomic mass is 35.5. The Labute approximate surface area is 198 Å². The number of fused-ring (bicyclic) bond motifs is 1. The molecule has 12 heteroatoms. The highest BCUT2D eigenvalue weighted by Gasteiger charge is 2.19. The first-order valence-electron chi connectivity index (χ1n) is 10.6. The first-order valence-corrected chi connectivity index (χ1v) is 11.9. The van der Waals surface area contributed by atoms with Gasteiger partial charge in [-0.1, -0.05) is 36.7 Å². The standard InChI is InChI=1S/C21H24ClN7O3S/c1-4-6-9-29-18-16(19(30)25-21(29)31)28(5-2)15(23-18)11-33-20-24-17(26-27-20)13-10-12(22)7-8-14(13)32-3/h7-8,10H,4-6,9,11H2,1-3H3,(H,24,26,27)(H,25,30,31). The van der Waals surface area contributed by atoms with Crippen LogP contribution in [0.2, 0.25) is 5.02 Å². The highest BCUT2D eigenvalue weighted by Crippen LogP contribution is 2.31. The normalized spacial score (nSPS) is 11.4. The topological polar surface area (TPSA) is 123 Å². The zero-order chi connectivity index (χ0) is 23.5. The molecule has 4 rings (SSSR count). The van der Waals surface area contributed by atoms with E-state index in [1.807, 2.05) is 18.4 Å². The van der Waals surface area contributed by atoms with Crippen molar-refractivity contribution in [2.24, 2.45) is 0 Å². The molecule has 0 spiro atoms. The van der Waals surface area contributed by atoms with Crippen molar-refractivity contribution in [2.45, 2.75) is 50.7 Å². The van der Waals surface area contributed by atoms with Gasteiger partial charge in [0.05, 0.1) is 18.4 Å². The number of benzene rings is 1. The Kier molecular flexibility index (Phi) is 6.89. The van der Waals surface area contributed by atoms with Crippen molar-refractivity contribution in [3.8, 4) is 17.1 Å². The fraction of sp³-hybridized carbons (Fsp3) is 0.381. The molecule has 3 aromatic heterocycles. The van der Waals surface area contributed by atoms with E-state index in [0.717, 1.165) is 12.8 Å². The first kappa shape index (κ1) is 23.1. The number of rotatable bonds is 9. The van der Waals surface area contributed by atoms with Gasteiger partial charge >= 0.3 is 5.69 Å². The molecule has 0 aliphatic heterocycles. The second kappa shape index (κ2) is 9.84. The highest BCUT2D eigenvalue weighted by molar-refractivity contribution is 7.98. The van der Waals surface area contributed by atoms with Crippen molar-refractivity contribution in [2.75, 3.05) is 7.11 Å². The molecule has 1 aromatic carbocycles. The summed E-state index contributed by atoms with van der Waals surface area (Å²) in [5.41, 5.74) is 0.658. The summed E-state index contributed by atoms with van der Waals surface area (Å²) in [5.74, 6) is 2.26. The summed E-state index contributed by atoms with van der Waals surface area (Å²) >= 11 is 7.50. The molecule has 3 heterocycles. The minimum Gasteiger partial charge on any atom is -0.496 e. The van der Waals surface area contributed by atoms with E-state index in [1.165, 1.54) is 16.3 Å². The SMILES string of the molecule is CCCCn1c(=O)[nH]c(=O)c2c1nc(CSc1n[nH]c(-c3cc(Cl)ccc3OC)n1)n2CC. The number of nitrogens with zero attached hydrogens (tertiary/aromatic N) is 5. The molecule has 0 aliphatic rings. The number of H-pyrrole nitrogens is 2. The monoisotopic (exact) mass is 489 g/mol. The quantitative estimate of drug-likeness (QED) is 0.345. The van der Waals surface area contributed by atoms with Gasteiger partial charge in [-0.3, -0.25) is 19.4 Å². The van der Waals surface area contributed by atoms with E-state index in [4.69, 9.17) is 16.3 Å². The molecule has 0 radical (unpaired) electrons. The third kappa shape index (κ3) is 4.55. The molecule has 2 N–H and O–H groups in total. The zero-order valence-electron chi connectivity index (χ0n) is 18.5. The number of imidazole rings is 1. The van der Waals surface area contributed by atoms with E-state index in [-0.39, 0.29) is 0 Å². The molecule has 33 heavy (non-hydrogen) atoms. The van der Waals surface area contributed by atoms with Crippen molar-refractivity contribution in [3.63, 3.8) is 0 Å². The van der Waals surface area contributed by atoms with Gasteiger partial charge in [0, 0.05) is 18.1 Å². The van der Waals surface area contributed by atoms with E-state index >= 15 is 0 Å². The summed E-state index contributed by atoms with van der Waals surface area (Å²) < 4.78 is 8.76. The van der Waals surface area contributed by atoms with Gasteiger partial charge < -0.3 is 9.30 Å². The van der Waals surface area contributed by atoms with Crippen LogP contribution in [0, 0.1) is 0 Å². The van der Waals surface area contributed by atoms with Crippen molar-refractivity contribution in [1.82, 2.24) is 34.3 Å². The first-order chi connectivity index (χ1) is 16.0. The van der Waals surface area contributed by atoms with Crippen LogP contribution in [-0.2, 0) is 18.8 Å². The van der Waals surface area contributed by atoms with Crippen LogP contribution in [0.4, 0.5) is 0 Å². The predicted octanol–water partition coefficient (Wildman–Crippen LogP) is 3.45. The van der Waals surface area contributed by atoms with Crippen molar-refractivity contribution >= 4 is 34.5 Å². The van der Waals surface area contributed by atoms with Gasteiger partial charge in [-0.05, 0) is 31.5 Å². The Morgan fingerprint density at radius 3 is 2.73 bits per heavy atom. The largest absolute Gasteiger partial charge is 0.496 e. The summed E-state index contributed by atoms with van der Waals surface area (Å²) in [4.78, 5) is 36.5. The zero-order valence-corrected chi connectivity index (χ0v) is 20.1. The maximum atomic E-state index is 12.6. The van der Waals surface area contributed by atoms with E-state index in [9.17, 15) is 9.59 Å². The Morgan fingerprint density at radius 2 is 2.00 bits per heavy atom. The molecule has 10 nitrogen and oxygen atoms in total. The number of aromatic amines is 2. The molecule has 0 fully saturated rings. The Bertz CT molecular complexity index is 1410. The number of thioether (sulfide) groups is 1. The lowest BCUT2D eigenvalue weighted by molar-refractivity contribution is 0.416. The van der Waals surface area contributed by atoms with Gasteiger partial charge in [0.1, 0.15) is 11.6 Å². The van der Waals surface area contributed by atoms with Crippen LogP contribution in [-0.4, -0.2) is 41.4 Å². The second-order valence-electron chi connectivity index (χ2n) is 7.31. The molecule has 0 saturated carbocycles. The second-order valence-corrected chi connectivity index (χ2v) is 8.69. The number of ether oxygens (including phenoxy) is 1. The molecule has 174 valence electrons. The Balaban J connectivity index is 1.64. The summed E-state index contributed by atoms with van der Waals surface area (Å²) in [7, 11) is 1.58. The molecule has 0 atom stereocenters.